The summed E-state index contributed by atoms with van der Waals surface area (Å²) in [6.45, 7) is 4.42. The molecule has 1 amide bonds. The van der Waals surface area contributed by atoms with Crippen molar-refractivity contribution in [3.8, 4) is 0 Å². The fourth-order valence-electron chi connectivity index (χ4n) is 3.07. The molecule has 1 unspecified atom stereocenters. The second-order valence-electron chi connectivity index (χ2n) is 6.61. The molecule has 0 radical (unpaired) electrons. The van der Waals surface area contributed by atoms with E-state index in [0.29, 0.717) is 25.0 Å². The average Bonchev–Trinajstić information content (AvgIpc) is 2.98. The minimum atomic E-state index is -4.46. The van der Waals surface area contributed by atoms with E-state index in [2.05, 4.69) is 15.3 Å². The average molecular weight is 364 g/mol. The Bertz CT molecular complexity index is 790. The van der Waals surface area contributed by atoms with Crippen LogP contribution in [0.5, 0.6) is 0 Å². The minimum absolute atomic E-state index is 0.0907. The van der Waals surface area contributed by atoms with Crippen molar-refractivity contribution in [1.82, 2.24) is 9.97 Å². The third-order valence-corrected chi connectivity index (χ3v) is 4.63. The van der Waals surface area contributed by atoms with Crippen molar-refractivity contribution in [3.05, 3.63) is 47.8 Å². The first-order valence-corrected chi connectivity index (χ1v) is 8.25. The fourth-order valence-corrected chi connectivity index (χ4v) is 3.07. The maximum Gasteiger partial charge on any atom is 0.417 e. The second kappa shape index (κ2) is 6.59. The van der Waals surface area contributed by atoms with Crippen LogP contribution >= 0.6 is 0 Å². The van der Waals surface area contributed by atoms with Crippen molar-refractivity contribution in [3.63, 3.8) is 0 Å². The number of anilines is 2. The smallest absolute Gasteiger partial charge is 0.342 e. The zero-order chi connectivity index (χ0) is 18.9. The Kier molecular flexibility index (Phi) is 4.60. The maximum atomic E-state index is 12.8. The summed E-state index contributed by atoms with van der Waals surface area (Å²) in [4.78, 5) is 22.8. The molecule has 1 aliphatic heterocycles. The number of nitrogens with zero attached hydrogens (tertiary/aromatic N) is 3. The minimum Gasteiger partial charge on any atom is -0.342 e. The van der Waals surface area contributed by atoms with Crippen molar-refractivity contribution in [2.24, 2.45) is 0 Å². The predicted molar refractivity (Wildman–Crippen MR) is 91.8 cm³/mol. The zero-order valence-electron chi connectivity index (χ0n) is 14.5. The van der Waals surface area contributed by atoms with Crippen LogP contribution in [0, 0.1) is 6.92 Å². The van der Waals surface area contributed by atoms with Crippen molar-refractivity contribution in [1.29, 1.82) is 0 Å². The number of alkyl halides is 3. The molecular weight excluding hydrogens is 345 g/mol. The quantitative estimate of drug-likeness (QED) is 0.900. The lowest BCUT2D eigenvalue weighted by Gasteiger charge is -2.34. The van der Waals surface area contributed by atoms with Gasteiger partial charge in [0.2, 0.25) is 0 Å². The fraction of sp³-hybridized carbons (Fsp3) is 0.389. The van der Waals surface area contributed by atoms with Crippen LogP contribution in [0.3, 0.4) is 0 Å². The summed E-state index contributed by atoms with van der Waals surface area (Å²) in [6.07, 6.45) is -0.564. The molecule has 1 saturated heterocycles. The van der Waals surface area contributed by atoms with Gasteiger partial charge in [-0.1, -0.05) is 6.07 Å². The first-order valence-electron chi connectivity index (χ1n) is 8.25. The molecule has 8 heteroatoms. The summed E-state index contributed by atoms with van der Waals surface area (Å²) in [5.74, 6) is 0.476. The molecule has 0 aromatic carbocycles. The topological polar surface area (TPSA) is 58.1 Å². The molecule has 0 saturated carbocycles. The summed E-state index contributed by atoms with van der Waals surface area (Å²) in [6, 6.07) is 5.85. The monoisotopic (exact) mass is 364 g/mol. The lowest BCUT2D eigenvalue weighted by atomic mass is 9.97. The van der Waals surface area contributed by atoms with Crippen LogP contribution in [0.25, 0.3) is 0 Å². The van der Waals surface area contributed by atoms with Crippen LogP contribution in [-0.2, 0) is 11.0 Å². The van der Waals surface area contributed by atoms with Gasteiger partial charge >= 0.3 is 6.18 Å². The largest absolute Gasteiger partial charge is 0.417 e. The number of nitrogens with one attached hydrogen (secondary N) is 1. The van der Waals surface area contributed by atoms with Gasteiger partial charge in [-0.2, -0.15) is 13.2 Å². The lowest BCUT2D eigenvalue weighted by Crippen LogP contribution is -2.51. The highest BCUT2D eigenvalue weighted by Gasteiger charge is 2.44. The number of halogens is 3. The van der Waals surface area contributed by atoms with E-state index in [4.69, 9.17) is 0 Å². The van der Waals surface area contributed by atoms with Crippen LogP contribution in [-0.4, -0.2) is 28.0 Å². The molecule has 3 rings (SSSR count). The van der Waals surface area contributed by atoms with Gasteiger partial charge in [0, 0.05) is 18.9 Å². The van der Waals surface area contributed by atoms with Gasteiger partial charge in [0.25, 0.3) is 5.91 Å². The first kappa shape index (κ1) is 18.2. The van der Waals surface area contributed by atoms with E-state index >= 15 is 0 Å². The highest BCUT2D eigenvalue weighted by Crippen LogP contribution is 2.34. The van der Waals surface area contributed by atoms with E-state index < -0.39 is 17.3 Å². The number of hydrogen-bond acceptors (Lipinski definition) is 4. The van der Waals surface area contributed by atoms with E-state index in [9.17, 15) is 18.0 Å². The van der Waals surface area contributed by atoms with Crippen LogP contribution in [0.1, 0.15) is 30.9 Å². The molecule has 2 aromatic rings. The number of hydrogen-bond donors (Lipinski definition) is 1. The second-order valence-corrected chi connectivity index (χ2v) is 6.61. The molecule has 26 heavy (non-hydrogen) atoms. The normalized spacial score (nSPS) is 20.3. The van der Waals surface area contributed by atoms with E-state index in [-0.39, 0.29) is 11.7 Å². The van der Waals surface area contributed by atoms with Gasteiger partial charge in [-0.05, 0) is 50.5 Å². The summed E-state index contributed by atoms with van der Waals surface area (Å²) < 4.78 is 37.8. The number of carbonyl (C=O) groups excluding carboxylic acids is 1. The molecule has 138 valence electrons. The Morgan fingerprint density at radius 1 is 1.19 bits per heavy atom. The van der Waals surface area contributed by atoms with E-state index in [1.807, 2.05) is 24.0 Å². The van der Waals surface area contributed by atoms with Gasteiger partial charge in [-0.3, -0.25) is 4.79 Å². The number of amides is 1. The third kappa shape index (κ3) is 3.49. The number of pyridine rings is 2. The van der Waals surface area contributed by atoms with E-state index in [0.717, 1.165) is 24.1 Å². The highest BCUT2D eigenvalue weighted by atomic mass is 19.4. The molecule has 0 aliphatic carbocycles. The zero-order valence-corrected chi connectivity index (χ0v) is 14.5. The Hall–Kier alpha value is -2.64. The van der Waals surface area contributed by atoms with Crippen molar-refractivity contribution < 1.29 is 18.0 Å². The molecule has 2 aromatic heterocycles. The van der Waals surface area contributed by atoms with Gasteiger partial charge in [-0.15, -0.1) is 0 Å². The van der Waals surface area contributed by atoms with Crippen LogP contribution in [0.15, 0.2) is 36.7 Å². The first-order chi connectivity index (χ1) is 12.2. The van der Waals surface area contributed by atoms with Crippen molar-refractivity contribution >= 4 is 17.5 Å². The molecule has 1 N–H and O–H groups in total. The van der Waals surface area contributed by atoms with E-state index in [1.165, 1.54) is 0 Å². The Morgan fingerprint density at radius 3 is 2.54 bits per heavy atom. The Morgan fingerprint density at radius 2 is 1.96 bits per heavy atom. The molecule has 3 heterocycles. The maximum absolute atomic E-state index is 12.8. The lowest BCUT2D eigenvalue weighted by molar-refractivity contribution is -0.137. The standard InChI is InChI=1S/C18H19F3N4O/c1-12-4-7-15(23-10-12)25-9-3-8-17(25,2)16(26)24-14-6-5-13(11-22-14)18(19,20)21/h4-7,10-11H,3,8-9H2,1-2H3,(H,22,24,26). The van der Waals surface area contributed by atoms with Gasteiger partial charge in [-0.25, -0.2) is 9.97 Å². The summed E-state index contributed by atoms with van der Waals surface area (Å²) in [5, 5.41) is 2.63. The Balaban J connectivity index is 1.78. The summed E-state index contributed by atoms with van der Waals surface area (Å²) in [7, 11) is 0. The summed E-state index contributed by atoms with van der Waals surface area (Å²) in [5.41, 5.74) is -0.673. The highest BCUT2D eigenvalue weighted by molar-refractivity contribution is 5.99. The van der Waals surface area contributed by atoms with Gasteiger partial charge in [0.1, 0.15) is 17.2 Å². The van der Waals surface area contributed by atoms with E-state index in [1.54, 1.807) is 13.1 Å². The third-order valence-electron chi connectivity index (χ3n) is 4.63. The SMILES string of the molecule is Cc1ccc(N2CCCC2(C)C(=O)Nc2ccc(C(F)(F)F)cn2)nc1. The number of aromatic nitrogens is 2. The number of rotatable bonds is 3. The number of aryl methyl sites for hydroxylation is 1. The molecule has 0 spiro atoms. The molecule has 1 atom stereocenters. The summed E-state index contributed by atoms with van der Waals surface area (Å²) >= 11 is 0. The van der Waals surface area contributed by atoms with Crippen LogP contribution in [0.4, 0.5) is 24.8 Å². The predicted octanol–water partition coefficient (Wildman–Crippen LogP) is 3.80. The van der Waals surface area contributed by atoms with Crippen molar-refractivity contribution in [2.75, 3.05) is 16.8 Å². The van der Waals surface area contributed by atoms with Gasteiger partial charge < -0.3 is 10.2 Å². The van der Waals surface area contributed by atoms with Gasteiger partial charge in [0.05, 0.1) is 5.56 Å². The number of carbonyl (C=O) groups is 1. The molecule has 1 aliphatic rings. The van der Waals surface area contributed by atoms with Crippen molar-refractivity contribution in [2.45, 2.75) is 38.4 Å². The molecule has 0 bridgehead atoms. The molecular formula is C18H19F3N4O. The van der Waals surface area contributed by atoms with Crippen LogP contribution in [0.2, 0.25) is 0 Å². The van der Waals surface area contributed by atoms with Crippen LogP contribution < -0.4 is 10.2 Å². The molecule has 5 nitrogen and oxygen atoms in total. The Labute approximate surface area is 149 Å². The van der Waals surface area contributed by atoms with Gasteiger partial charge in [0.15, 0.2) is 0 Å². The molecule has 1 fully saturated rings.